The van der Waals surface area contributed by atoms with Crippen LogP contribution in [0, 0.1) is 29.6 Å². The first kappa shape index (κ1) is 13.6. The highest BCUT2D eigenvalue weighted by Crippen LogP contribution is 2.48. The molecule has 1 fully saturated rings. The fraction of sp³-hybridized carbons (Fsp3) is 0.800. The van der Waals surface area contributed by atoms with Gasteiger partial charge in [-0.15, -0.1) is 0 Å². The van der Waals surface area contributed by atoms with E-state index in [0.717, 1.165) is 24.8 Å². The molecule has 0 radical (unpaired) electrons. The van der Waals surface area contributed by atoms with Crippen molar-refractivity contribution in [1.82, 2.24) is 0 Å². The molecular formula is C15H24O3. The Kier molecular flexibility index (Phi) is 3.81. The van der Waals surface area contributed by atoms with Gasteiger partial charge in [0.1, 0.15) is 0 Å². The molecule has 18 heavy (non-hydrogen) atoms. The Balaban J connectivity index is 2.28. The Morgan fingerprint density at radius 3 is 2.72 bits per heavy atom. The lowest BCUT2D eigenvalue weighted by Gasteiger charge is -2.48. The van der Waals surface area contributed by atoms with Gasteiger partial charge in [0.05, 0.1) is 12.0 Å². The SMILES string of the molecule is CC1=CC[C@@H]2[C@H](C1O)[C@H]([C@@H](C)C(=O)O)CC[C@H]2C. The lowest BCUT2D eigenvalue weighted by Crippen LogP contribution is -2.46. The summed E-state index contributed by atoms with van der Waals surface area (Å²) in [5, 5.41) is 19.7. The summed E-state index contributed by atoms with van der Waals surface area (Å²) in [4.78, 5) is 11.2. The van der Waals surface area contributed by atoms with Crippen molar-refractivity contribution in [1.29, 1.82) is 0 Å². The standard InChI is InChI=1S/C15H24O3/c1-8-4-7-12(10(3)15(17)18)13-11(8)6-5-9(2)14(13)16/h5,8,10-14,16H,4,6-7H2,1-3H3,(H,17,18)/t8-,10-,11+,12+,13+,14?/m1/s1. The molecule has 1 saturated carbocycles. The fourth-order valence-electron chi connectivity index (χ4n) is 3.93. The van der Waals surface area contributed by atoms with Crippen LogP contribution in [0.3, 0.4) is 0 Å². The number of aliphatic hydroxyl groups excluding tert-OH is 1. The molecule has 6 atom stereocenters. The van der Waals surface area contributed by atoms with Crippen LogP contribution in [0.25, 0.3) is 0 Å². The van der Waals surface area contributed by atoms with Gasteiger partial charge in [-0.2, -0.15) is 0 Å². The molecule has 3 nitrogen and oxygen atoms in total. The third-order valence-electron chi connectivity index (χ3n) is 5.25. The van der Waals surface area contributed by atoms with Crippen molar-refractivity contribution in [2.75, 3.05) is 0 Å². The molecule has 0 saturated heterocycles. The van der Waals surface area contributed by atoms with Gasteiger partial charge in [0.15, 0.2) is 0 Å². The number of carbonyl (C=O) groups is 1. The second-order valence-electron chi connectivity index (χ2n) is 6.22. The Morgan fingerprint density at radius 2 is 2.11 bits per heavy atom. The first-order chi connectivity index (χ1) is 8.43. The van der Waals surface area contributed by atoms with E-state index in [1.807, 2.05) is 6.92 Å². The summed E-state index contributed by atoms with van der Waals surface area (Å²) in [6.07, 6.45) is 4.70. The van der Waals surface area contributed by atoms with Crippen molar-refractivity contribution < 1.29 is 15.0 Å². The van der Waals surface area contributed by atoms with E-state index in [2.05, 4.69) is 13.0 Å². The zero-order valence-electron chi connectivity index (χ0n) is 11.5. The predicted molar refractivity (Wildman–Crippen MR) is 70.0 cm³/mol. The zero-order chi connectivity index (χ0) is 13.4. The van der Waals surface area contributed by atoms with Crippen LogP contribution in [-0.4, -0.2) is 22.3 Å². The van der Waals surface area contributed by atoms with E-state index in [9.17, 15) is 15.0 Å². The van der Waals surface area contributed by atoms with E-state index in [4.69, 9.17) is 0 Å². The van der Waals surface area contributed by atoms with Crippen LogP contribution in [0.5, 0.6) is 0 Å². The quantitative estimate of drug-likeness (QED) is 0.743. The molecule has 0 bridgehead atoms. The number of hydrogen-bond acceptors (Lipinski definition) is 2. The number of aliphatic carboxylic acids is 1. The molecular weight excluding hydrogens is 228 g/mol. The second kappa shape index (κ2) is 5.04. The zero-order valence-corrected chi connectivity index (χ0v) is 11.5. The number of carboxylic acid groups (broad SMARTS) is 1. The van der Waals surface area contributed by atoms with Gasteiger partial charge in [0.25, 0.3) is 0 Å². The van der Waals surface area contributed by atoms with E-state index in [-0.39, 0.29) is 17.8 Å². The molecule has 0 spiro atoms. The summed E-state index contributed by atoms with van der Waals surface area (Å²) in [5.74, 6) is 0.195. The van der Waals surface area contributed by atoms with E-state index in [0.29, 0.717) is 11.8 Å². The van der Waals surface area contributed by atoms with Crippen LogP contribution in [0.1, 0.15) is 40.0 Å². The molecule has 0 aliphatic heterocycles. The van der Waals surface area contributed by atoms with Crippen LogP contribution < -0.4 is 0 Å². The average Bonchev–Trinajstić information content (AvgIpc) is 2.33. The summed E-state index contributed by atoms with van der Waals surface area (Å²) in [7, 11) is 0. The molecule has 0 heterocycles. The highest BCUT2D eigenvalue weighted by atomic mass is 16.4. The number of hydrogen-bond donors (Lipinski definition) is 2. The summed E-state index contributed by atoms with van der Waals surface area (Å²) < 4.78 is 0. The van der Waals surface area contributed by atoms with Gasteiger partial charge in [-0.1, -0.05) is 26.3 Å². The minimum atomic E-state index is -0.729. The minimum absolute atomic E-state index is 0.113. The Hall–Kier alpha value is -0.830. The smallest absolute Gasteiger partial charge is 0.306 e. The molecule has 0 amide bonds. The molecule has 102 valence electrons. The highest BCUT2D eigenvalue weighted by molar-refractivity contribution is 5.70. The molecule has 0 aromatic carbocycles. The van der Waals surface area contributed by atoms with Crippen LogP contribution in [0.2, 0.25) is 0 Å². The molecule has 2 rings (SSSR count). The van der Waals surface area contributed by atoms with Crippen molar-refractivity contribution in [3.05, 3.63) is 11.6 Å². The van der Waals surface area contributed by atoms with Crippen molar-refractivity contribution in [3.63, 3.8) is 0 Å². The molecule has 0 aromatic heterocycles. The molecule has 0 aromatic rings. The van der Waals surface area contributed by atoms with E-state index in [1.165, 1.54) is 0 Å². The van der Waals surface area contributed by atoms with Crippen LogP contribution >= 0.6 is 0 Å². The van der Waals surface area contributed by atoms with Crippen LogP contribution in [0.4, 0.5) is 0 Å². The van der Waals surface area contributed by atoms with Gasteiger partial charge in [0, 0.05) is 0 Å². The maximum absolute atomic E-state index is 11.2. The average molecular weight is 252 g/mol. The Morgan fingerprint density at radius 1 is 1.44 bits per heavy atom. The van der Waals surface area contributed by atoms with Crippen molar-refractivity contribution in [2.24, 2.45) is 29.6 Å². The van der Waals surface area contributed by atoms with Crippen LogP contribution in [-0.2, 0) is 4.79 Å². The van der Waals surface area contributed by atoms with Crippen molar-refractivity contribution in [3.8, 4) is 0 Å². The summed E-state index contributed by atoms with van der Waals surface area (Å²) in [6.45, 7) is 5.99. The lowest BCUT2D eigenvalue weighted by atomic mass is 9.58. The number of carboxylic acids is 1. The number of rotatable bonds is 2. The second-order valence-corrected chi connectivity index (χ2v) is 6.22. The third-order valence-corrected chi connectivity index (χ3v) is 5.25. The first-order valence-corrected chi connectivity index (χ1v) is 7.01. The highest BCUT2D eigenvalue weighted by Gasteiger charge is 2.46. The predicted octanol–water partition coefficient (Wildman–Crippen LogP) is 2.70. The molecule has 2 aliphatic rings. The number of fused-ring (bicyclic) bond motifs is 1. The minimum Gasteiger partial charge on any atom is -0.481 e. The Labute approximate surface area is 109 Å². The van der Waals surface area contributed by atoms with Crippen LogP contribution in [0.15, 0.2) is 11.6 Å². The van der Waals surface area contributed by atoms with Gasteiger partial charge >= 0.3 is 5.97 Å². The molecule has 2 N–H and O–H groups in total. The topological polar surface area (TPSA) is 57.5 Å². The fourth-order valence-corrected chi connectivity index (χ4v) is 3.93. The molecule has 2 aliphatic carbocycles. The van der Waals surface area contributed by atoms with Crippen molar-refractivity contribution in [2.45, 2.75) is 46.1 Å². The molecule has 1 unspecified atom stereocenters. The number of aliphatic hydroxyl groups is 1. The maximum Gasteiger partial charge on any atom is 0.306 e. The largest absolute Gasteiger partial charge is 0.481 e. The van der Waals surface area contributed by atoms with Gasteiger partial charge in [0.2, 0.25) is 0 Å². The summed E-state index contributed by atoms with van der Waals surface area (Å²) >= 11 is 0. The van der Waals surface area contributed by atoms with E-state index >= 15 is 0 Å². The Bertz CT molecular complexity index is 361. The normalized spacial score (nSPS) is 41.8. The third kappa shape index (κ3) is 2.20. The van der Waals surface area contributed by atoms with Gasteiger partial charge in [-0.25, -0.2) is 0 Å². The molecule has 3 heteroatoms. The van der Waals surface area contributed by atoms with E-state index in [1.54, 1.807) is 6.92 Å². The first-order valence-electron chi connectivity index (χ1n) is 7.01. The van der Waals surface area contributed by atoms with Gasteiger partial charge in [-0.05, 0) is 49.0 Å². The maximum atomic E-state index is 11.2. The summed E-state index contributed by atoms with van der Waals surface area (Å²) in [5.41, 5.74) is 1.02. The summed E-state index contributed by atoms with van der Waals surface area (Å²) in [6, 6.07) is 0. The van der Waals surface area contributed by atoms with Gasteiger partial charge in [-0.3, -0.25) is 4.79 Å². The van der Waals surface area contributed by atoms with Crippen molar-refractivity contribution >= 4 is 5.97 Å². The number of allylic oxidation sites excluding steroid dienone is 1. The van der Waals surface area contributed by atoms with Gasteiger partial charge < -0.3 is 10.2 Å². The lowest BCUT2D eigenvalue weighted by molar-refractivity contribution is -0.146. The van der Waals surface area contributed by atoms with E-state index < -0.39 is 12.1 Å². The monoisotopic (exact) mass is 252 g/mol.